The molecule has 0 amide bonds. The monoisotopic (exact) mass is 343 g/mol. The molecule has 0 bridgehead atoms. The molecule has 26 heavy (non-hydrogen) atoms. The maximum atomic E-state index is 11.9. The first-order chi connectivity index (χ1) is 12.6. The van der Waals surface area contributed by atoms with Crippen molar-refractivity contribution in [1.82, 2.24) is 14.8 Å². The van der Waals surface area contributed by atoms with Gasteiger partial charge in [0.1, 0.15) is 0 Å². The van der Waals surface area contributed by atoms with Gasteiger partial charge in [-0.1, -0.05) is 60.7 Å². The van der Waals surface area contributed by atoms with E-state index in [1.807, 2.05) is 67.6 Å². The van der Waals surface area contributed by atoms with Crippen LogP contribution in [0.3, 0.4) is 0 Å². The number of aryl methyl sites for hydroxylation is 1. The molecule has 128 valence electrons. The second-order valence-electron chi connectivity index (χ2n) is 6.15. The van der Waals surface area contributed by atoms with Crippen molar-refractivity contribution in [2.24, 2.45) is 0 Å². The van der Waals surface area contributed by atoms with Crippen molar-refractivity contribution >= 4 is 17.0 Å². The molecule has 2 aromatic heterocycles. The van der Waals surface area contributed by atoms with Gasteiger partial charge in [0.2, 0.25) is 0 Å². The Morgan fingerprint density at radius 3 is 2.35 bits per heavy atom. The lowest BCUT2D eigenvalue weighted by Crippen LogP contribution is -2.05. The third-order valence-electron chi connectivity index (χ3n) is 4.35. The number of hydrogen-bond acceptors (Lipinski definition) is 3. The van der Waals surface area contributed by atoms with Crippen LogP contribution in [0.5, 0.6) is 0 Å². The van der Waals surface area contributed by atoms with Crippen LogP contribution >= 0.6 is 0 Å². The molecule has 5 heteroatoms. The number of carboxylic acids is 1. The van der Waals surface area contributed by atoms with Gasteiger partial charge in [0.25, 0.3) is 0 Å². The maximum absolute atomic E-state index is 11.9. The van der Waals surface area contributed by atoms with Gasteiger partial charge >= 0.3 is 5.97 Å². The highest BCUT2D eigenvalue weighted by Gasteiger charge is 2.19. The van der Waals surface area contributed by atoms with Crippen LogP contribution in [-0.2, 0) is 6.54 Å². The Morgan fingerprint density at radius 2 is 1.69 bits per heavy atom. The molecular weight excluding hydrogens is 326 g/mol. The van der Waals surface area contributed by atoms with Crippen LogP contribution in [-0.4, -0.2) is 25.8 Å². The molecular formula is C21H17N3O2. The fourth-order valence-electron chi connectivity index (χ4n) is 3.15. The summed E-state index contributed by atoms with van der Waals surface area (Å²) in [6, 6.07) is 21.1. The summed E-state index contributed by atoms with van der Waals surface area (Å²) >= 11 is 0. The summed E-state index contributed by atoms with van der Waals surface area (Å²) in [6.07, 6.45) is 0. The summed E-state index contributed by atoms with van der Waals surface area (Å²) in [5.74, 6) is -0.975. The van der Waals surface area contributed by atoms with Gasteiger partial charge in [-0.05, 0) is 18.6 Å². The molecule has 4 rings (SSSR count). The van der Waals surface area contributed by atoms with E-state index in [9.17, 15) is 9.90 Å². The molecule has 2 heterocycles. The molecule has 0 saturated heterocycles. The number of rotatable bonds is 4. The van der Waals surface area contributed by atoms with E-state index in [-0.39, 0.29) is 5.56 Å². The van der Waals surface area contributed by atoms with Gasteiger partial charge in [0, 0.05) is 5.56 Å². The Morgan fingerprint density at radius 1 is 1.04 bits per heavy atom. The predicted molar refractivity (Wildman–Crippen MR) is 100 cm³/mol. The Bertz CT molecular complexity index is 1090. The van der Waals surface area contributed by atoms with Crippen molar-refractivity contribution in [2.45, 2.75) is 13.5 Å². The Kier molecular flexibility index (Phi) is 3.97. The zero-order chi connectivity index (χ0) is 18.1. The number of hydrogen-bond donors (Lipinski definition) is 1. The first kappa shape index (κ1) is 16.0. The van der Waals surface area contributed by atoms with Gasteiger partial charge in [-0.15, -0.1) is 0 Å². The lowest BCUT2D eigenvalue weighted by Gasteiger charge is -2.07. The van der Waals surface area contributed by atoms with Crippen molar-refractivity contribution < 1.29 is 9.90 Å². The van der Waals surface area contributed by atoms with E-state index < -0.39 is 5.97 Å². The quantitative estimate of drug-likeness (QED) is 0.604. The minimum atomic E-state index is -0.975. The molecule has 2 aromatic carbocycles. The Balaban J connectivity index is 1.94. The number of carbonyl (C=O) groups is 1. The summed E-state index contributed by atoms with van der Waals surface area (Å²) in [4.78, 5) is 16.6. The van der Waals surface area contributed by atoms with Crippen molar-refractivity contribution in [3.63, 3.8) is 0 Å². The molecule has 4 aromatic rings. The highest BCUT2D eigenvalue weighted by Crippen LogP contribution is 2.27. The molecule has 0 unspecified atom stereocenters. The van der Waals surface area contributed by atoms with Gasteiger partial charge in [0.05, 0.1) is 28.9 Å². The predicted octanol–water partition coefficient (Wildman–Crippen LogP) is 4.15. The van der Waals surface area contributed by atoms with Crippen LogP contribution in [0.15, 0.2) is 66.7 Å². The second-order valence-corrected chi connectivity index (χ2v) is 6.15. The molecule has 0 aliphatic rings. The summed E-state index contributed by atoms with van der Waals surface area (Å²) < 4.78 is 1.78. The van der Waals surface area contributed by atoms with E-state index in [0.717, 1.165) is 11.1 Å². The number of fused-ring (bicyclic) bond motifs is 1. The third-order valence-corrected chi connectivity index (χ3v) is 4.35. The highest BCUT2D eigenvalue weighted by molar-refractivity contribution is 6.04. The van der Waals surface area contributed by atoms with Crippen molar-refractivity contribution in [2.75, 3.05) is 0 Å². The minimum absolute atomic E-state index is 0.227. The Labute approximate surface area is 150 Å². The average Bonchev–Trinajstić information content (AvgIpc) is 2.98. The third kappa shape index (κ3) is 2.84. The SMILES string of the molecule is Cc1nn(Cc2ccccc2)c2nc(-c3ccccc3)cc(C(=O)O)c12. The minimum Gasteiger partial charge on any atom is -0.478 e. The fraction of sp³-hybridized carbons (Fsp3) is 0.0952. The molecule has 0 saturated carbocycles. The molecule has 0 fully saturated rings. The first-order valence-corrected chi connectivity index (χ1v) is 8.34. The van der Waals surface area contributed by atoms with Crippen LogP contribution in [0.4, 0.5) is 0 Å². The van der Waals surface area contributed by atoms with Crippen LogP contribution in [0, 0.1) is 6.92 Å². The number of nitrogens with zero attached hydrogens (tertiary/aromatic N) is 3. The Hall–Kier alpha value is -3.47. The van der Waals surface area contributed by atoms with Gasteiger partial charge < -0.3 is 5.11 Å². The first-order valence-electron chi connectivity index (χ1n) is 8.34. The standard InChI is InChI=1S/C21H17N3O2/c1-14-19-17(21(25)26)12-18(16-10-6-3-7-11-16)22-20(19)24(23-14)13-15-8-4-2-5-9-15/h2-12H,13H2,1H3,(H,25,26). The van der Waals surface area contributed by atoms with E-state index in [4.69, 9.17) is 4.98 Å². The molecule has 0 aliphatic carbocycles. The van der Waals surface area contributed by atoms with Gasteiger partial charge in [-0.3, -0.25) is 0 Å². The molecule has 1 N–H and O–H groups in total. The van der Waals surface area contributed by atoms with E-state index in [2.05, 4.69) is 5.10 Å². The molecule has 0 aliphatic heterocycles. The number of carboxylic acid groups (broad SMARTS) is 1. The van der Waals surface area contributed by atoms with Crippen LogP contribution in [0.1, 0.15) is 21.6 Å². The number of aromatic carboxylic acids is 1. The largest absolute Gasteiger partial charge is 0.478 e. The zero-order valence-electron chi connectivity index (χ0n) is 14.3. The normalized spacial score (nSPS) is 11.0. The van der Waals surface area contributed by atoms with Crippen molar-refractivity contribution in [3.8, 4) is 11.3 Å². The van der Waals surface area contributed by atoms with Gasteiger partial charge in [0.15, 0.2) is 5.65 Å². The second kappa shape index (κ2) is 6.44. The van der Waals surface area contributed by atoms with Crippen molar-refractivity contribution in [1.29, 1.82) is 0 Å². The van der Waals surface area contributed by atoms with E-state index >= 15 is 0 Å². The lowest BCUT2D eigenvalue weighted by molar-refractivity contribution is 0.0699. The smallest absolute Gasteiger partial charge is 0.336 e. The topological polar surface area (TPSA) is 68.0 Å². The summed E-state index contributed by atoms with van der Waals surface area (Å²) in [5.41, 5.74) is 4.07. The molecule has 0 spiro atoms. The zero-order valence-corrected chi connectivity index (χ0v) is 14.3. The lowest BCUT2D eigenvalue weighted by atomic mass is 10.1. The number of pyridine rings is 1. The summed E-state index contributed by atoms with van der Waals surface area (Å²) in [5, 5.41) is 14.9. The molecule has 0 atom stereocenters. The fourth-order valence-corrected chi connectivity index (χ4v) is 3.15. The highest BCUT2D eigenvalue weighted by atomic mass is 16.4. The van der Waals surface area contributed by atoms with Crippen LogP contribution in [0.25, 0.3) is 22.3 Å². The van der Waals surface area contributed by atoms with E-state index in [0.29, 0.717) is 29.0 Å². The number of benzene rings is 2. The maximum Gasteiger partial charge on any atom is 0.336 e. The van der Waals surface area contributed by atoms with Crippen LogP contribution < -0.4 is 0 Å². The summed E-state index contributed by atoms with van der Waals surface area (Å²) in [6.45, 7) is 2.36. The molecule has 0 radical (unpaired) electrons. The van der Waals surface area contributed by atoms with Crippen LogP contribution in [0.2, 0.25) is 0 Å². The van der Waals surface area contributed by atoms with E-state index in [1.165, 1.54) is 0 Å². The van der Waals surface area contributed by atoms with Crippen molar-refractivity contribution in [3.05, 3.63) is 83.6 Å². The van der Waals surface area contributed by atoms with Gasteiger partial charge in [-0.2, -0.15) is 5.10 Å². The summed E-state index contributed by atoms with van der Waals surface area (Å²) in [7, 11) is 0. The van der Waals surface area contributed by atoms with Gasteiger partial charge in [-0.25, -0.2) is 14.5 Å². The number of aromatic nitrogens is 3. The van der Waals surface area contributed by atoms with E-state index in [1.54, 1.807) is 10.7 Å². The molecule has 5 nitrogen and oxygen atoms in total. The average molecular weight is 343 g/mol.